The summed E-state index contributed by atoms with van der Waals surface area (Å²) in [6.45, 7) is 0. The van der Waals surface area contributed by atoms with E-state index in [1.165, 1.54) is 0 Å². The van der Waals surface area contributed by atoms with Gasteiger partial charge in [-0.3, -0.25) is 0 Å². The van der Waals surface area contributed by atoms with Gasteiger partial charge < -0.3 is 0 Å². The van der Waals surface area contributed by atoms with Crippen molar-refractivity contribution in [2.45, 2.75) is 0 Å². The Morgan fingerprint density at radius 3 is 1.20 bits per heavy atom. The molecule has 5 heteroatoms. The average Bonchev–Trinajstić information content (AvgIpc) is 1.00. The van der Waals surface area contributed by atoms with E-state index < -0.39 is 0 Å². The van der Waals surface area contributed by atoms with Gasteiger partial charge in [0.2, 0.25) is 0 Å². The van der Waals surface area contributed by atoms with Gasteiger partial charge in [0, 0.05) is 44.1 Å². The molecule has 0 bridgehead atoms. The van der Waals surface area contributed by atoms with E-state index in [1.807, 2.05) is 0 Å². The van der Waals surface area contributed by atoms with Gasteiger partial charge in [-0.2, -0.15) is 0 Å². The van der Waals surface area contributed by atoms with Gasteiger partial charge in [0.1, 0.15) is 0 Å². The Morgan fingerprint density at radius 2 is 1.20 bits per heavy atom. The molecule has 0 heterocycles. The largest absolute Gasteiger partial charge is 0 e. The molecular weight excluding hydrogens is 425 g/mol. The third-order valence-electron chi connectivity index (χ3n) is 0. The second-order valence-corrected chi connectivity index (χ2v) is 0. The summed E-state index contributed by atoms with van der Waals surface area (Å²) < 4.78 is 8.30. The van der Waals surface area contributed by atoms with Crippen LogP contribution in [0.3, 0.4) is 0 Å². The molecular formula is H2NbOSrTaTi. The minimum Gasteiger partial charge on any atom is 0 e. The summed E-state index contributed by atoms with van der Waals surface area (Å²) in [6.07, 6.45) is 0. The molecule has 0 aromatic rings. The van der Waals surface area contributed by atoms with Crippen LogP contribution in [-0.2, 0) is 68.4 Å². The Hall–Kier alpha value is 3.48. The van der Waals surface area contributed by atoms with Crippen LogP contribution in [-0.4, -0.2) is 45.5 Å². The van der Waals surface area contributed by atoms with Crippen LogP contribution in [0.15, 0.2) is 0 Å². The Bertz CT molecular complexity index is 11.6. The molecule has 0 amide bonds. The summed E-state index contributed by atoms with van der Waals surface area (Å²) >= 11 is 0.500. The number of hydrogen-bond donors (Lipinski definition) is 0. The second-order valence-electron chi connectivity index (χ2n) is 0. The fourth-order valence-electron chi connectivity index (χ4n) is 0. The molecule has 0 aromatic carbocycles. The zero-order chi connectivity index (χ0) is 2.00. The van der Waals surface area contributed by atoms with E-state index in [0.717, 1.165) is 0 Å². The van der Waals surface area contributed by atoms with E-state index in [2.05, 4.69) is 0 Å². The summed E-state index contributed by atoms with van der Waals surface area (Å²) in [6, 6.07) is 0. The van der Waals surface area contributed by atoms with Crippen LogP contribution >= 0.6 is 0 Å². The molecule has 0 aliphatic rings. The fourth-order valence-corrected chi connectivity index (χ4v) is 0. The Balaban J connectivity index is -0.00000000167. The Labute approximate surface area is 111 Å². The molecule has 0 atom stereocenters. The zero-order valence-electron chi connectivity index (χ0n) is 1.80. The summed E-state index contributed by atoms with van der Waals surface area (Å²) in [5, 5.41) is 0. The molecule has 0 aromatic heterocycles. The Kier molecular flexibility index (Phi) is 123. The second kappa shape index (κ2) is 26.0. The zero-order valence-corrected chi connectivity index (χ0v) is 8.78. The molecule has 1 nitrogen and oxygen atoms in total. The average molecular weight is 427 g/mol. The third-order valence-corrected chi connectivity index (χ3v) is 0. The first kappa shape index (κ1) is 23.6. The first-order chi connectivity index (χ1) is 1.00. The minimum absolute atomic E-state index is 0. The maximum absolute atomic E-state index is 8.30. The maximum Gasteiger partial charge on any atom is 0 e. The molecule has 0 fully saturated rings. The van der Waals surface area contributed by atoms with Crippen molar-refractivity contribution in [2.75, 3.05) is 0 Å². The molecule has 0 spiro atoms. The van der Waals surface area contributed by atoms with Gasteiger partial charge >= 0.3 is 69.8 Å². The van der Waals surface area contributed by atoms with Crippen molar-refractivity contribution in [3.05, 3.63) is 0 Å². The van der Waals surface area contributed by atoms with E-state index in [0.29, 0.717) is 21.0 Å². The molecule has 0 aliphatic heterocycles. The SMILES string of the molecule is [O]=[Nb].[SrH2].[Ta].[Ti]. The first-order valence-corrected chi connectivity index (χ1v) is 1.08. The van der Waals surface area contributed by atoms with Crippen LogP contribution in [0.5, 0.6) is 0 Å². The molecule has 24 valence electrons. The smallest absolute Gasteiger partial charge is 0 e. The van der Waals surface area contributed by atoms with E-state index >= 15 is 0 Å². The van der Waals surface area contributed by atoms with Crippen LogP contribution in [0.25, 0.3) is 0 Å². The van der Waals surface area contributed by atoms with Gasteiger partial charge in [0.25, 0.3) is 0 Å². The van der Waals surface area contributed by atoms with Crippen molar-refractivity contribution in [3.63, 3.8) is 0 Å². The minimum atomic E-state index is 0. The quantitative estimate of drug-likeness (QED) is 0.452. The van der Waals surface area contributed by atoms with Gasteiger partial charge in [0.05, 0.1) is 0 Å². The van der Waals surface area contributed by atoms with Crippen molar-refractivity contribution >= 4 is 45.5 Å². The van der Waals surface area contributed by atoms with Gasteiger partial charge in [-0.05, 0) is 0 Å². The van der Waals surface area contributed by atoms with Gasteiger partial charge in [0.15, 0.2) is 0 Å². The van der Waals surface area contributed by atoms with Crippen molar-refractivity contribution in [1.82, 2.24) is 0 Å². The molecule has 5 heavy (non-hydrogen) atoms. The summed E-state index contributed by atoms with van der Waals surface area (Å²) in [5.41, 5.74) is 0. The van der Waals surface area contributed by atoms with Crippen LogP contribution in [0, 0.1) is 0 Å². The van der Waals surface area contributed by atoms with Crippen LogP contribution in [0.2, 0.25) is 0 Å². The molecule has 0 unspecified atom stereocenters. The normalized spacial score (nSPS) is 0.600. The monoisotopic (exact) mass is 428 g/mol. The predicted molar refractivity (Wildman–Crippen MR) is 9.23 cm³/mol. The van der Waals surface area contributed by atoms with E-state index in [4.69, 9.17) is 3.25 Å². The molecule has 0 aliphatic carbocycles. The predicted octanol–water partition coefficient (Wildman–Crippen LogP) is -1.04. The summed E-state index contributed by atoms with van der Waals surface area (Å²) in [4.78, 5) is 0. The molecule has 0 saturated carbocycles. The summed E-state index contributed by atoms with van der Waals surface area (Å²) in [7, 11) is 0. The summed E-state index contributed by atoms with van der Waals surface area (Å²) in [5.74, 6) is 0. The molecule has 0 N–H and O–H groups in total. The van der Waals surface area contributed by atoms with Crippen molar-refractivity contribution < 1.29 is 68.4 Å². The van der Waals surface area contributed by atoms with E-state index in [1.54, 1.807) is 0 Å². The van der Waals surface area contributed by atoms with Gasteiger partial charge in [-0.1, -0.05) is 0 Å². The molecule has 1 radical (unpaired) electrons. The Morgan fingerprint density at radius 1 is 1.20 bits per heavy atom. The van der Waals surface area contributed by atoms with Gasteiger partial charge in [-0.15, -0.1) is 0 Å². The maximum atomic E-state index is 8.30. The molecule has 0 rings (SSSR count). The van der Waals surface area contributed by atoms with Gasteiger partial charge in [-0.25, -0.2) is 0 Å². The first-order valence-electron chi connectivity index (χ1n) is 0.183. The van der Waals surface area contributed by atoms with E-state index in [9.17, 15) is 0 Å². The van der Waals surface area contributed by atoms with Crippen LogP contribution < -0.4 is 0 Å². The number of rotatable bonds is 0. The third kappa shape index (κ3) is 18.6. The fraction of sp³-hybridized carbons (Fsp3) is 0. The van der Waals surface area contributed by atoms with Crippen molar-refractivity contribution in [2.24, 2.45) is 0 Å². The standard InChI is InChI=1S/Nb.O.Sr.Ta.Ti.2H. The topological polar surface area (TPSA) is 17.1 Å². The number of hydrogen-bond acceptors (Lipinski definition) is 1. The van der Waals surface area contributed by atoms with Crippen molar-refractivity contribution in [3.8, 4) is 0 Å². The van der Waals surface area contributed by atoms with Crippen LogP contribution in [0.1, 0.15) is 0 Å². The van der Waals surface area contributed by atoms with E-state index in [-0.39, 0.29) is 89.6 Å². The van der Waals surface area contributed by atoms with Crippen LogP contribution in [0.4, 0.5) is 0 Å². The van der Waals surface area contributed by atoms with Crippen molar-refractivity contribution in [1.29, 1.82) is 0 Å². The molecule has 0 saturated heterocycles.